The van der Waals surface area contributed by atoms with Crippen molar-refractivity contribution in [1.82, 2.24) is 10.4 Å². The third kappa shape index (κ3) is 4.89. The molecule has 1 unspecified atom stereocenters. The van der Waals surface area contributed by atoms with E-state index in [2.05, 4.69) is 10.1 Å². The average molecular weight is 438 g/mol. The zero-order valence-corrected chi connectivity index (χ0v) is 17.5. The Morgan fingerprint density at radius 2 is 1.93 bits per heavy atom. The molecular weight excluding hydrogens is 417 g/mol. The molecule has 0 saturated carbocycles. The van der Waals surface area contributed by atoms with Gasteiger partial charge in [-0.3, -0.25) is 14.9 Å². The second-order valence-electron chi connectivity index (χ2n) is 6.74. The van der Waals surface area contributed by atoms with E-state index in [1.54, 1.807) is 36.4 Å². The summed E-state index contributed by atoms with van der Waals surface area (Å²) in [5.74, 6) is -0.678. The molecule has 2 N–H and O–H groups in total. The van der Waals surface area contributed by atoms with Crippen molar-refractivity contribution in [3.05, 3.63) is 70.5 Å². The molecule has 3 rings (SSSR count). The maximum absolute atomic E-state index is 14.5. The van der Waals surface area contributed by atoms with Gasteiger partial charge in [0, 0.05) is 22.7 Å². The number of rotatable bonds is 6. The van der Waals surface area contributed by atoms with Crippen molar-refractivity contribution in [1.29, 1.82) is 0 Å². The highest BCUT2D eigenvalue weighted by Gasteiger charge is 2.33. The summed E-state index contributed by atoms with van der Waals surface area (Å²) in [5.41, 5.74) is 5.00. The molecule has 1 aliphatic rings. The third-order valence-electron chi connectivity index (χ3n) is 4.37. The van der Waals surface area contributed by atoms with Gasteiger partial charge in [0.2, 0.25) is 15.9 Å². The molecule has 1 atom stereocenters. The largest absolute Gasteiger partial charge is 0.295 e. The molecule has 1 amide bonds. The summed E-state index contributed by atoms with van der Waals surface area (Å²) in [4.78, 5) is 12.6. The Labute approximate surface area is 174 Å². The summed E-state index contributed by atoms with van der Waals surface area (Å²) in [6.07, 6.45) is 3.75. The number of nitrogens with zero attached hydrogens (tertiary/aromatic N) is 1. The van der Waals surface area contributed by atoms with Gasteiger partial charge in [-0.1, -0.05) is 36.7 Å². The number of anilines is 1. The van der Waals surface area contributed by atoms with E-state index in [0.717, 1.165) is 6.26 Å². The molecule has 9 heteroatoms. The molecule has 0 saturated heterocycles. The van der Waals surface area contributed by atoms with Gasteiger partial charge in [0.05, 0.1) is 12.0 Å². The molecule has 6 nitrogen and oxygen atoms in total. The summed E-state index contributed by atoms with van der Waals surface area (Å²) >= 11 is 6.23. The van der Waals surface area contributed by atoms with Crippen molar-refractivity contribution in [3.63, 3.8) is 0 Å². The lowest BCUT2D eigenvalue weighted by Gasteiger charge is -2.26. The molecule has 0 spiro atoms. The number of hydrogen-bond donors (Lipinski definition) is 2. The van der Waals surface area contributed by atoms with Crippen LogP contribution in [0, 0.1) is 5.82 Å². The van der Waals surface area contributed by atoms with E-state index >= 15 is 0 Å². The summed E-state index contributed by atoms with van der Waals surface area (Å²) in [5, 5.41) is 1.61. The van der Waals surface area contributed by atoms with Crippen molar-refractivity contribution in [2.75, 3.05) is 11.0 Å². The number of sulfonamides is 1. The molecule has 1 aliphatic heterocycles. The predicted molar refractivity (Wildman–Crippen MR) is 112 cm³/mol. The maximum Gasteiger partial charge on any atom is 0.241 e. The van der Waals surface area contributed by atoms with Crippen LogP contribution in [-0.4, -0.2) is 25.6 Å². The molecule has 1 heterocycles. The van der Waals surface area contributed by atoms with Crippen LogP contribution >= 0.6 is 11.6 Å². The second-order valence-corrected chi connectivity index (χ2v) is 8.89. The zero-order valence-electron chi connectivity index (χ0n) is 15.9. The number of halogens is 2. The zero-order chi connectivity index (χ0) is 21.2. The summed E-state index contributed by atoms with van der Waals surface area (Å²) in [6.45, 7) is 1.89. The number of carbonyl (C=O) groups is 1. The minimum Gasteiger partial charge on any atom is -0.295 e. The molecule has 2 aromatic rings. The Bertz CT molecular complexity index is 1030. The predicted octanol–water partition coefficient (Wildman–Crippen LogP) is 4.08. The van der Waals surface area contributed by atoms with E-state index in [4.69, 9.17) is 11.6 Å². The second kappa shape index (κ2) is 8.42. The first kappa shape index (κ1) is 21.1. The van der Waals surface area contributed by atoms with E-state index in [1.165, 1.54) is 17.1 Å². The number of hydrogen-bond acceptors (Lipinski definition) is 4. The Balaban J connectivity index is 1.96. The standard InChI is InChI=1S/C20H21ClFN3O3S/c1-3-5-19(26)25-18(20-15(21)6-4-7-16(20)22)12-17(23-25)13-8-10-14(11-9-13)24-29(2,27)28/h4,6-12,18,23-24H,3,5H2,1-2H3. The highest BCUT2D eigenvalue weighted by Crippen LogP contribution is 2.37. The van der Waals surface area contributed by atoms with E-state index in [-0.39, 0.29) is 16.5 Å². The van der Waals surface area contributed by atoms with Crippen LogP contribution in [0.15, 0.2) is 48.5 Å². The van der Waals surface area contributed by atoms with Crippen LogP contribution in [0.2, 0.25) is 5.02 Å². The Kier molecular flexibility index (Phi) is 6.14. The van der Waals surface area contributed by atoms with Crippen LogP contribution in [-0.2, 0) is 14.8 Å². The summed E-state index contributed by atoms with van der Waals surface area (Å²) in [7, 11) is -3.38. The van der Waals surface area contributed by atoms with E-state index < -0.39 is 21.9 Å². The molecule has 0 bridgehead atoms. The van der Waals surface area contributed by atoms with Crippen molar-refractivity contribution >= 4 is 38.9 Å². The molecule has 29 heavy (non-hydrogen) atoms. The highest BCUT2D eigenvalue weighted by molar-refractivity contribution is 7.92. The van der Waals surface area contributed by atoms with Gasteiger partial charge in [0.15, 0.2) is 0 Å². The minimum atomic E-state index is -3.38. The Hall–Kier alpha value is -2.58. The topological polar surface area (TPSA) is 78.5 Å². The van der Waals surface area contributed by atoms with Crippen LogP contribution in [0.5, 0.6) is 0 Å². The van der Waals surface area contributed by atoms with Gasteiger partial charge in [-0.2, -0.15) is 0 Å². The van der Waals surface area contributed by atoms with Crippen LogP contribution in [0.4, 0.5) is 10.1 Å². The molecule has 2 aromatic carbocycles. The van der Waals surface area contributed by atoms with Gasteiger partial charge < -0.3 is 0 Å². The smallest absolute Gasteiger partial charge is 0.241 e. The number of hydrazine groups is 1. The summed E-state index contributed by atoms with van der Waals surface area (Å²) in [6, 6.07) is 10.3. The van der Waals surface area contributed by atoms with E-state index in [9.17, 15) is 17.6 Å². The maximum atomic E-state index is 14.5. The van der Waals surface area contributed by atoms with Crippen molar-refractivity contribution in [3.8, 4) is 0 Å². The van der Waals surface area contributed by atoms with Gasteiger partial charge >= 0.3 is 0 Å². The fourth-order valence-corrected chi connectivity index (χ4v) is 3.96. The first-order valence-electron chi connectivity index (χ1n) is 9.02. The van der Waals surface area contributed by atoms with Gasteiger partial charge in [-0.05, 0) is 42.3 Å². The molecule has 154 valence electrons. The lowest BCUT2D eigenvalue weighted by Crippen LogP contribution is -2.39. The number of carbonyl (C=O) groups excluding carboxylic acids is 1. The van der Waals surface area contributed by atoms with Crippen LogP contribution in [0.25, 0.3) is 5.70 Å². The lowest BCUT2D eigenvalue weighted by atomic mass is 10.0. The fraction of sp³-hybridized carbons (Fsp3) is 0.250. The van der Waals surface area contributed by atoms with Crippen molar-refractivity contribution in [2.45, 2.75) is 25.8 Å². The van der Waals surface area contributed by atoms with E-state index in [1.807, 2.05) is 6.92 Å². The van der Waals surface area contributed by atoms with Crippen LogP contribution in [0.3, 0.4) is 0 Å². The van der Waals surface area contributed by atoms with Crippen molar-refractivity contribution < 1.29 is 17.6 Å². The number of nitrogens with one attached hydrogen (secondary N) is 2. The number of amides is 1. The normalized spacial score (nSPS) is 16.3. The van der Waals surface area contributed by atoms with Gasteiger partial charge in [0.25, 0.3) is 0 Å². The van der Waals surface area contributed by atoms with Crippen LogP contribution in [0.1, 0.15) is 36.9 Å². The first-order valence-corrected chi connectivity index (χ1v) is 11.3. The number of benzene rings is 2. The molecule has 0 aromatic heterocycles. The Morgan fingerprint density at radius 1 is 1.24 bits per heavy atom. The van der Waals surface area contributed by atoms with Crippen molar-refractivity contribution in [2.24, 2.45) is 0 Å². The quantitative estimate of drug-likeness (QED) is 0.713. The minimum absolute atomic E-state index is 0.182. The first-order chi connectivity index (χ1) is 13.7. The van der Waals surface area contributed by atoms with E-state index in [0.29, 0.717) is 29.8 Å². The SMILES string of the molecule is CCCC(=O)N1NC(c2ccc(NS(C)(=O)=O)cc2)=CC1c1c(F)cccc1Cl. The lowest BCUT2D eigenvalue weighted by molar-refractivity contribution is -0.134. The van der Waals surface area contributed by atoms with Crippen LogP contribution < -0.4 is 10.1 Å². The molecular formula is C20H21ClFN3O3S. The van der Waals surface area contributed by atoms with Gasteiger partial charge in [-0.25, -0.2) is 17.8 Å². The summed E-state index contributed by atoms with van der Waals surface area (Å²) < 4.78 is 39.6. The van der Waals surface area contributed by atoms with Gasteiger partial charge in [0.1, 0.15) is 11.9 Å². The average Bonchev–Trinajstić information content (AvgIpc) is 3.06. The third-order valence-corrected chi connectivity index (χ3v) is 5.31. The fourth-order valence-electron chi connectivity index (χ4n) is 3.12. The van der Waals surface area contributed by atoms with Gasteiger partial charge in [-0.15, -0.1) is 0 Å². The molecule has 0 fully saturated rings. The highest BCUT2D eigenvalue weighted by atomic mass is 35.5. The molecule has 0 radical (unpaired) electrons. The molecule has 0 aliphatic carbocycles. The monoisotopic (exact) mass is 437 g/mol. The Morgan fingerprint density at radius 3 is 2.52 bits per heavy atom.